The first kappa shape index (κ1) is 25.1. The van der Waals surface area contributed by atoms with Gasteiger partial charge in [-0.1, -0.05) is 0 Å². The van der Waals surface area contributed by atoms with Gasteiger partial charge < -0.3 is 19.8 Å². The lowest BCUT2D eigenvalue weighted by molar-refractivity contribution is -0.137. The van der Waals surface area contributed by atoms with Crippen molar-refractivity contribution in [1.29, 1.82) is 0 Å². The highest BCUT2D eigenvalue weighted by atomic mass is 35.5. The van der Waals surface area contributed by atoms with Gasteiger partial charge >= 0.3 is 0 Å². The van der Waals surface area contributed by atoms with Crippen LogP contribution in [-0.4, -0.2) is 51.9 Å². The second-order valence-electron chi connectivity index (χ2n) is 9.25. The van der Waals surface area contributed by atoms with Crippen LogP contribution in [0, 0.1) is 5.92 Å². The number of benzene rings is 3. The Morgan fingerprint density at radius 1 is 1.03 bits per heavy atom. The number of aromatic hydroxyl groups is 2. The molecule has 1 atom stereocenters. The molecule has 0 aliphatic carbocycles. The molecule has 8 heteroatoms. The van der Waals surface area contributed by atoms with E-state index < -0.39 is 5.38 Å². The molecule has 37 heavy (non-hydrogen) atoms. The monoisotopic (exact) mass is 535 g/mol. The predicted octanol–water partition coefficient (Wildman–Crippen LogP) is 6.07. The van der Waals surface area contributed by atoms with Crippen LogP contribution in [0.25, 0.3) is 20.5 Å². The number of fused-ring (bicyclic) bond motifs is 1. The zero-order valence-corrected chi connectivity index (χ0v) is 21.8. The van der Waals surface area contributed by atoms with Gasteiger partial charge in [-0.15, -0.1) is 22.9 Å². The molecule has 1 fully saturated rings. The average Bonchev–Trinajstić information content (AvgIpc) is 3.23. The third kappa shape index (κ3) is 5.29. The Kier molecular flexibility index (Phi) is 7.09. The fraction of sp³-hybridized carbons (Fsp3) is 0.241. The number of ether oxygens (including phenoxy) is 1. The van der Waals surface area contributed by atoms with E-state index in [0.717, 1.165) is 26.9 Å². The summed E-state index contributed by atoms with van der Waals surface area (Å²) in [6.45, 7) is 3.64. The molecule has 1 aliphatic rings. The van der Waals surface area contributed by atoms with Crippen molar-refractivity contribution in [3.05, 3.63) is 77.9 Å². The van der Waals surface area contributed by atoms with Gasteiger partial charge in [0.15, 0.2) is 5.78 Å². The summed E-state index contributed by atoms with van der Waals surface area (Å²) in [5.41, 5.74) is 1.91. The van der Waals surface area contributed by atoms with Gasteiger partial charge in [-0.05, 0) is 91.6 Å². The Morgan fingerprint density at radius 3 is 2.38 bits per heavy atom. The van der Waals surface area contributed by atoms with Crippen molar-refractivity contribution in [2.75, 3.05) is 19.7 Å². The first-order valence-corrected chi connectivity index (χ1v) is 13.3. The number of hydrogen-bond donors (Lipinski definition) is 2. The van der Waals surface area contributed by atoms with Crippen LogP contribution in [0.3, 0.4) is 0 Å². The molecule has 3 aromatic carbocycles. The van der Waals surface area contributed by atoms with Gasteiger partial charge in [0.2, 0.25) is 5.91 Å². The number of likely N-dealkylation sites (tertiary alicyclic amines) is 1. The molecular weight excluding hydrogens is 510 g/mol. The maximum absolute atomic E-state index is 13.7. The molecule has 0 radical (unpaired) electrons. The van der Waals surface area contributed by atoms with Crippen LogP contribution in [0.1, 0.15) is 29.3 Å². The molecule has 0 bridgehead atoms. The number of amides is 1. The second-order valence-corrected chi connectivity index (χ2v) is 11.0. The van der Waals surface area contributed by atoms with Crippen LogP contribution in [0.4, 0.5) is 0 Å². The summed E-state index contributed by atoms with van der Waals surface area (Å²) in [4.78, 5) is 28.1. The van der Waals surface area contributed by atoms with Crippen LogP contribution in [0.15, 0.2) is 66.7 Å². The summed E-state index contributed by atoms with van der Waals surface area (Å²) >= 11 is 7.29. The van der Waals surface area contributed by atoms with E-state index >= 15 is 0 Å². The van der Waals surface area contributed by atoms with Crippen LogP contribution in [0.2, 0.25) is 0 Å². The molecule has 0 spiro atoms. The molecule has 1 aliphatic heterocycles. The molecule has 5 rings (SSSR count). The zero-order chi connectivity index (χ0) is 26.1. The molecule has 190 valence electrons. The first-order valence-electron chi connectivity index (χ1n) is 12.1. The quantitative estimate of drug-likeness (QED) is 0.211. The minimum atomic E-state index is -0.491. The van der Waals surface area contributed by atoms with E-state index in [4.69, 9.17) is 16.3 Å². The number of phenolic OH excluding ortho intramolecular Hbond substituents is 2. The molecule has 1 saturated heterocycles. The van der Waals surface area contributed by atoms with Crippen molar-refractivity contribution in [3.8, 4) is 27.7 Å². The molecule has 1 aromatic heterocycles. The largest absolute Gasteiger partial charge is 0.508 e. The topological polar surface area (TPSA) is 87.1 Å². The van der Waals surface area contributed by atoms with Crippen molar-refractivity contribution < 1.29 is 24.5 Å². The smallest absolute Gasteiger partial charge is 0.240 e. The number of thiophene rings is 1. The van der Waals surface area contributed by atoms with E-state index in [1.807, 2.05) is 0 Å². The second kappa shape index (κ2) is 10.4. The third-order valence-corrected chi connectivity index (χ3v) is 7.94. The molecule has 2 N–H and O–H groups in total. The van der Waals surface area contributed by atoms with Gasteiger partial charge in [-0.3, -0.25) is 9.59 Å². The van der Waals surface area contributed by atoms with E-state index in [9.17, 15) is 19.8 Å². The highest BCUT2D eigenvalue weighted by Crippen LogP contribution is 2.41. The van der Waals surface area contributed by atoms with Crippen molar-refractivity contribution in [2.45, 2.75) is 18.7 Å². The first-order chi connectivity index (χ1) is 17.8. The van der Waals surface area contributed by atoms with Gasteiger partial charge in [-0.2, -0.15) is 0 Å². The summed E-state index contributed by atoms with van der Waals surface area (Å²) < 4.78 is 6.69. The molecule has 2 heterocycles. The van der Waals surface area contributed by atoms with E-state index in [2.05, 4.69) is 0 Å². The fourth-order valence-electron chi connectivity index (χ4n) is 4.50. The average molecular weight is 536 g/mol. The van der Waals surface area contributed by atoms with Crippen LogP contribution in [0.5, 0.6) is 17.2 Å². The maximum Gasteiger partial charge on any atom is 0.240 e. The number of hydrogen-bond acceptors (Lipinski definition) is 6. The van der Waals surface area contributed by atoms with Gasteiger partial charge in [-0.25, -0.2) is 0 Å². The SMILES string of the molecule is CC(Cl)C(=O)N1CC(CCOc2ccc(C(=O)c3c(-c4ccc(O)cc4)sc4cc(O)ccc34)cc2)C1. The number of carbonyl (C=O) groups excluding carboxylic acids is 2. The number of alkyl halides is 1. The maximum atomic E-state index is 13.7. The minimum absolute atomic E-state index is 0.0251. The van der Waals surface area contributed by atoms with E-state index in [0.29, 0.717) is 42.5 Å². The molecule has 4 aromatic rings. The number of ketones is 1. The molecule has 1 unspecified atom stereocenters. The Morgan fingerprint density at radius 2 is 1.70 bits per heavy atom. The molecule has 0 saturated carbocycles. The van der Waals surface area contributed by atoms with Crippen molar-refractivity contribution >= 4 is 44.7 Å². The lowest BCUT2D eigenvalue weighted by Crippen LogP contribution is -2.52. The highest BCUT2D eigenvalue weighted by molar-refractivity contribution is 7.22. The Hall–Kier alpha value is -3.55. The van der Waals surface area contributed by atoms with Crippen LogP contribution >= 0.6 is 22.9 Å². The lowest BCUT2D eigenvalue weighted by atomic mass is 9.96. The summed E-state index contributed by atoms with van der Waals surface area (Å²) in [6.07, 6.45) is 0.838. The number of phenols is 2. The Bertz CT molecular complexity index is 1440. The van der Waals surface area contributed by atoms with Crippen LogP contribution < -0.4 is 4.74 Å². The zero-order valence-electron chi connectivity index (χ0n) is 20.2. The third-order valence-electron chi connectivity index (χ3n) is 6.55. The van der Waals surface area contributed by atoms with E-state index in [1.54, 1.807) is 78.6 Å². The Balaban J connectivity index is 1.29. The van der Waals surface area contributed by atoms with Crippen molar-refractivity contribution in [2.24, 2.45) is 5.92 Å². The standard InChI is InChI=1S/C29H26ClNO5S/c1-17(30)29(35)31-15-18(16-31)12-13-36-23-9-4-19(5-10-23)27(34)26-24-11-8-22(33)14-25(24)37-28(26)20-2-6-21(32)7-3-20/h2-11,14,17-18,32-33H,12-13,15-16H2,1H3. The number of halogens is 1. The summed E-state index contributed by atoms with van der Waals surface area (Å²) in [7, 11) is 0. The fourth-order valence-corrected chi connectivity index (χ4v) is 5.88. The van der Waals surface area contributed by atoms with Gasteiger partial charge in [0.25, 0.3) is 0 Å². The van der Waals surface area contributed by atoms with Gasteiger partial charge in [0.1, 0.15) is 22.6 Å². The lowest BCUT2D eigenvalue weighted by Gasteiger charge is -2.39. The predicted molar refractivity (Wildman–Crippen MR) is 146 cm³/mol. The minimum Gasteiger partial charge on any atom is -0.508 e. The normalized spacial score (nSPS) is 14.4. The van der Waals surface area contributed by atoms with Crippen LogP contribution in [-0.2, 0) is 4.79 Å². The molecular formula is C29H26ClNO5S. The number of rotatable bonds is 8. The Labute approximate surface area is 223 Å². The summed E-state index contributed by atoms with van der Waals surface area (Å²) in [5, 5.41) is 19.9. The summed E-state index contributed by atoms with van der Waals surface area (Å²) in [6, 6.07) is 18.8. The van der Waals surface area contributed by atoms with E-state index in [1.165, 1.54) is 11.3 Å². The van der Waals surface area contributed by atoms with Gasteiger partial charge in [0, 0.05) is 39.2 Å². The molecule has 6 nitrogen and oxygen atoms in total. The summed E-state index contributed by atoms with van der Waals surface area (Å²) in [5.74, 6) is 1.23. The van der Waals surface area contributed by atoms with Crippen molar-refractivity contribution in [3.63, 3.8) is 0 Å². The number of nitrogens with zero attached hydrogens (tertiary/aromatic N) is 1. The van der Waals surface area contributed by atoms with Gasteiger partial charge in [0.05, 0.1) is 6.61 Å². The van der Waals surface area contributed by atoms with Crippen molar-refractivity contribution in [1.82, 2.24) is 4.90 Å². The highest BCUT2D eigenvalue weighted by Gasteiger charge is 2.32. The number of carbonyl (C=O) groups is 2. The molecule has 1 amide bonds. The van der Waals surface area contributed by atoms with E-state index in [-0.39, 0.29) is 23.2 Å².